The standard InChI is InChI=1S/C11H26N2O/c1-5-7-12-11(6-2)10-13(3)8-9-14-4/h11-12H,5-10H2,1-4H3. The van der Waals surface area contributed by atoms with Gasteiger partial charge in [0.1, 0.15) is 0 Å². The van der Waals surface area contributed by atoms with Crippen LogP contribution in [0.3, 0.4) is 0 Å². The lowest BCUT2D eigenvalue weighted by Gasteiger charge is -2.23. The Morgan fingerprint density at radius 1 is 1.36 bits per heavy atom. The van der Waals surface area contributed by atoms with Crippen LogP contribution in [0, 0.1) is 0 Å². The van der Waals surface area contributed by atoms with Gasteiger partial charge in [-0.2, -0.15) is 0 Å². The molecule has 0 saturated carbocycles. The van der Waals surface area contributed by atoms with Crippen LogP contribution in [0.15, 0.2) is 0 Å². The number of ether oxygens (including phenoxy) is 1. The Morgan fingerprint density at radius 2 is 2.07 bits per heavy atom. The van der Waals surface area contributed by atoms with Crippen LogP contribution in [0.1, 0.15) is 26.7 Å². The molecule has 86 valence electrons. The Kier molecular flexibility index (Phi) is 9.35. The average molecular weight is 202 g/mol. The van der Waals surface area contributed by atoms with Gasteiger partial charge in [0.15, 0.2) is 0 Å². The lowest BCUT2D eigenvalue weighted by molar-refractivity contribution is 0.155. The molecule has 0 radical (unpaired) electrons. The van der Waals surface area contributed by atoms with Crippen molar-refractivity contribution >= 4 is 0 Å². The van der Waals surface area contributed by atoms with Crippen molar-refractivity contribution < 1.29 is 4.74 Å². The second kappa shape index (κ2) is 9.44. The van der Waals surface area contributed by atoms with E-state index in [9.17, 15) is 0 Å². The van der Waals surface area contributed by atoms with Crippen molar-refractivity contribution in [2.45, 2.75) is 32.7 Å². The molecule has 0 amide bonds. The monoisotopic (exact) mass is 202 g/mol. The molecule has 0 aromatic rings. The maximum atomic E-state index is 5.05. The van der Waals surface area contributed by atoms with Gasteiger partial charge in [-0.05, 0) is 26.4 Å². The lowest BCUT2D eigenvalue weighted by atomic mass is 10.2. The summed E-state index contributed by atoms with van der Waals surface area (Å²) < 4.78 is 5.05. The fourth-order valence-corrected chi connectivity index (χ4v) is 1.40. The Labute approximate surface area is 88.8 Å². The van der Waals surface area contributed by atoms with Gasteiger partial charge in [-0.3, -0.25) is 0 Å². The van der Waals surface area contributed by atoms with Crippen LogP contribution in [0.25, 0.3) is 0 Å². The molecule has 0 fully saturated rings. The van der Waals surface area contributed by atoms with Crippen molar-refractivity contribution in [2.24, 2.45) is 0 Å². The molecule has 0 rings (SSSR count). The lowest BCUT2D eigenvalue weighted by Crippen LogP contribution is -2.40. The van der Waals surface area contributed by atoms with Gasteiger partial charge < -0.3 is 15.0 Å². The van der Waals surface area contributed by atoms with Crippen molar-refractivity contribution in [3.05, 3.63) is 0 Å². The van der Waals surface area contributed by atoms with Crippen LogP contribution in [0.4, 0.5) is 0 Å². The fourth-order valence-electron chi connectivity index (χ4n) is 1.40. The highest BCUT2D eigenvalue weighted by atomic mass is 16.5. The summed E-state index contributed by atoms with van der Waals surface area (Å²) in [5, 5.41) is 3.54. The Morgan fingerprint density at radius 3 is 2.57 bits per heavy atom. The van der Waals surface area contributed by atoms with E-state index in [2.05, 4.69) is 31.1 Å². The fraction of sp³-hybridized carbons (Fsp3) is 1.00. The molecule has 14 heavy (non-hydrogen) atoms. The first-order chi connectivity index (χ1) is 6.74. The Balaban J connectivity index is 3.57. The van der Waals surface area contributed by atoms with Gasteiger partial charge in [0.05, 0.1) is 6.61 Å². The normalized spacial score (nSPS) is 13.5. The molecule has 0 aromatic carbocycles. The van der Waals surface area contributed by atoms with Crippen molar-refractivity contribution in [1.29, 1.82) is 0 Å². The first-order valence-corrected chi connectivity index (χ1v) is 5.65. The van der Waals surface area contributed by atoms with E-state index in [1.54, 1.807) is 7.11 Å². The summed E-state index contributed by atoms with van der Waals surface area (Å²) in [4.78, 5) is 2.32. The van der Waals surface area contributed by atoms with Gasteiger partial charge in [-0.25, -0.2) is 0 Å². The van der Waals surface area contributed by atoms with Gasteiger partial charge in [-0.15, -0.1) is 0 Å². The molecule has 0 saturated heterocycles. The van der Waals surface area contributed by atoms with Crippen LogP contribution >= 0.6 is 0 Å². The number of hydrogen-bond donors (Lipinski definition) is 1. The second-order valence-electron chi connectivity index (χ2n) is 3.81. The van der Waals surface area contributed by atoms with Crippen molar-refractivity contribution in [1.82, 2.24) is 10.2 Å². The van der Waals surface area contributed by atoms with Gasteiger partial charge >= 0.3 is 0 Å². The molecule has 0 aliphatic carbocycles. The highest BCUT2D eigenvalue weighted by molar-refractivity contribution is 4.68. The average Bonchev–Trinajstić information content (AvgIpc) is 2.21. The summed E-state index contributed by atoms with van der Waals surface area (Å²) in [6.07, 6.45) is 2.40. The predicted molar refractivity (Wildman–Crippen MR) is 61.7 cm³/mol. The molecule has 0 aliphatic rings. The zero-order valence-corrected chi connectivity index (χ0v) is 10.2. The third-order valence-corrected chi connectivity index (χ3v) is 2.39. The summed E-state index contributed by atoms with van der Waals surface area (Å²) >= 11 is 0. The van der Waals surface area contributed by atoms with E-state index in [4.69, 9.17) is 4.74 Å². The molecular formula is C11H26N2O. The van der Waals surface area contributed by atoms with Crippen molar-refractivity contribution in [2.75, 3.05) is 40.4 Å². The maximum Gasteiger partial charge on any atom is 0.0589 e. The molecule has 0 bridgehead atoms. The van der Waals surface area contributed by atoms with Crippen LogP contribution in [-0.4, -0.2) is 51.3 Å². The molecule has 3 heteroatoms. The number of hydrogen-bond acceptors (Lipinski definition) is 3. The van der Waals surface area contributed by atoms with Crippen molar-refractivity contribution in [3.63, 3.8) is 0 Å². The van der Waals surface area contributed by atoms with E-state index < -0.39 is 0 Å². The number of nitrogens with zero attached hydrogens (tertiary/aromatic N) is 1. The summed E-state index contributed by atoms with van der Waals surface area (Å²) in [6, 6.07) is 0.622. The predicted octanol–water partition coefficient (Wildman–Crippen LogP) is 1.34. The Hall–Kier alpha value is -0.120. The smallest absolute Gasteiger partial charge is 0.0589 e. The molecule has 0 aromatic heterocycles. The summed E-state index contributed by atoms with van der Waals surface area (Å²) in [5.74, 6) is 0. The SMILES string of the molecule is CCCNC(CC)CN(C)CCOC. The molecule has 1 unspecified atom stereocenters. The third-order valence-electron chi connectivity index (χ3n) is 2.39. The van der Waals surface area contributed by atoms with Gasteiger partial charge in [0.25, 0.3) is 0 Å². The van der Waals surface area contributed by atoms with Gasteiger partial charge in [-0.1, -0.05) is 13.8 Å². The summed E-state index contributed by atoms with van der Waals surface area (Å²) in [5.41, 5.74) is 0. The second-order valence-corrected chi connectivity index (χ2v) is 3.81. The largest absolute Gasteiger partial charge is 0.383 e. The number of nitrogens with one attached hydrogen (secondary N) is 1. The molecule has 1 N–H and O–H groups in total. The van der Waals surface area contributed by atoms with E-state index in [1.807, 2.05) is 0 Å². The summed E-state index contributed by atoms with van der Waals surface area (Å²) in [7, 11) is 3.90. The van der Waals surface area contributed by atoms with E-state index in [0.29, 0.717) is 6.04 Å². The molecule has 3 nitrogen and oxygen atoms in total. The highest BCUT2D eigenvalue weighted by Gasteiger charge is 2.07. The van der Waals surface area contributed by atoms with Crippen LogP contribution in [-0.2, 0) is 4.74 Å². The van der Waals surface area contributed by atoms with E-state index in [0.717, 1.165) is 26.2 Å². The Bertz CT molecular complexity index is 120. The molecule has 0 heterocycles. The van der Waals surface area contributed by atoms with Crippen LogP contribution in [0.2, 0.25) is 0 Å². The van der Waals surface area contributed by atoms with Gasteiger partial charge in [0.2, 0.25) is 0 Å². The molecule has 0 spiro atoms. The van der Waals surface area contributed by atoms with Crippen LogP contribution in [0.5, 0.6) is 0 Å². The van der Waals surface area contributed by atoms with Gasteiger partial charge in [0, 0.05) is 26.2 Å². The minimum absolute atomic E-state index is 0.622. The third kappa shape index (κ3) is 7.30. The highest BCUT2D eigenvalue weighted by Crippen LogP contribution is 1.95. The topological polar surface area (TPSA) is 24.5 Å². The van der Waals surface area contributed by atoms with E-state index in [1.165, 1.54) is 12.8 Å². The maximum absolute atomic E-state index is 5.05. The summed E-state index contributed by atoms with van der Waals surface area (Å²) in [6.45, 7) is 8.50. The molecule has 1 atom stereocenters. The van der Waals surface area contributed by atoms with Crippen LogP contribution < -0.4 is 5.32 Å². The van der Waals surface area contributed by atoms with E-state index >= 15 is 0 Å². The quantitative estimate of drug-likeness (QED) is 0.611. The van der Waals surface area contributed by atoms with Crippen molar-refractivity contribution in [3.8, 4) is 0 Å². The van der Waals surface area contributed by atoms with E-state index in [-0.39, 0.29) is 0 Å². The zero-order chi connectivity index (χ0) is 10.8. The zero-order valence-electron chi connectivity index (χ0n) is 10.2. The number of methoxy groups -OCH3 is 1. The first-order valence-electron chi connectivity index (χ1n) is 5.65. The minimum atomic E-state index is 0.622. The molecular weight excluding hydrogens is 176 g/mol. The number of rotatable bonds is 9. The number of likely N-dealkylation sites (N-methyl/N-ethyl adjacent to an activating group) is 1. The first kappa shape index (κ1) is 13.9. The minimum Gasteiger partial charge on any atom is -0.383 e. The molecule has 0 aliphatic heterocycles.